The van der Waals surface area contributed by atoms with Crippen molar-refractivity contribution in [2.24, 2.45) is 11.7 Å². The number of anilines is 1. The minimum Gasteiger partial charge on any atom is -0.327 e. The van der Waals surface area contributed by atoms with Crippen molar-refractivity contribution in [3.05, 3.63) is 16.0 Å². The Morgan fingerprint density at radius 2 is 2.18 bits per heavy atom. The van der Waals surface area contributed by atoms with Crippen LogP contribution in [0.3, 0.4) is 0 Å². The van der Waals surface area contributed by atoms with Crippen LogP contribution in [-0.4, -0.2) is 11.9 Å². The topological polar surface area (TPSA) is 55.1 Å². The average molecular weight is 250 g/mol. The van der Waals surface area contributed by atoms with Crippen LogP contribution >= 0.6 is 11.3 Å². The molecule has 0 aliphatic heterocycles. The quantitative estimate of drug-likeness (QED) is 0.845. The normalized spacial score (nSPS) is 23.3. The summed E-state index contributed by atoms with van der Waals surface area (Å²) in [5.74, 6) is 0.479. The zero-order chi connectivity index (χ0) is 12.0. The third-order valence-electron chi connectivity index (χ3n) is 3.75. The van der Waals surface area contributed by atoms with E-state index < -0.39 is 0 Å². The molecule has 2 aliphatic rings. The fourth-order valence-electron chi connectivity index (χ4n) is 2.44. The number of carbonyl (C=O) groups excluding carboxylic acids is 1. The van der Waals surface area contributed by atoms with Gasteiger partial charge < -0.3 is 11.1 Å². The highest BCUT2D eigenvalue weighted by Crippen LogP contribution is 2.38. The van der Waals surface area contributed by atoms with Gasteiger partial charge in [0.05, 0.1) is 5.00 Å². The van der Waals surface area contributed by atoms with Crippen LogP contribution in [-0.2, 0) is 17.6 Å². The number of aryl methyl sites for hydroxylation is 1. The highest BCUT2D eigenvalue weighted by molar-refractivity contribution is 7.16. The molecule has 0 radical (unpaired) electrons. The van der Waals surface area contributed by atoms with Gasteiger partial charge in [-0.25, -0.2) is 0 Å². The van der Waals surface area contributed by atoms with E-state index in [1.54, 1.807) is 11.3 Å². The zero-order valence-electron chi connectivity index (χ0n) is 10.1. The lowest BCUT2D eigenvalue weighted by Gasteiger charge is -2.18. The van der Waals surface area contributed by atoms with E-state index in [9.17, 15) is 4.79 Å². The van der Waals surface area contributed by atoms with Gasteiger partial charge in [-0.3, -0.25) is 4.79 Å². The van der Waals surface area contributed by atoms with E-state index in [4.69, 9.17) is 5.73 Å². The number of nitrogens with one attached hydrogen (secondary N) is 1. The molecule has 1 amide bonds. The first-order valence-corrected chi connectivity index (χ1v) is 7.14. The first-order chi connectivity index (χ1) is 8.15. The Balaban J connectivity index is 1.83. The maximum absolute atomic E-state index is 11.8. The van der Waals surface area contributed by atoms with Gasteiger partial charge in [-0.1, -0.05) is 0 Å². The molecule has 1 aromatic rings. The van der Waals surface area contributed by atoms with Crippen molar-refractivity contribution in [3.8, 4) is 0 Å². The Bertz CT molecular complexity index is 462. The second kappa shape index (κ2) is 4.10. The predicted molar refractivity (Wildman–Crippen MR) is 70.4 cm³/mol. The lowest BCUT2D eigenvalue weighted by atomic mass is 9.92. The molecule has 2 aliphatic carbocycles. The summed E-state index contributed by atoms with van der Waals surface area (Å²) in [6.45, 7) is 2.11. The Morgan fingerprint density at radius 3 is 2.88 bits per heavy atom. The van der Waals surface area contributed by atoms with E-state index in [1.165, 1.54) is 16.0 Å². The highest BCUT2D eigenvalue weighted by atomic mass is 32.1. The summed E-state index contributed by atoms with van der Waals surface area (Å²) in [4.78, 5) is 13.2. The Hall–Kier alpha value is -0.870. The highest BCUT2D eigenvalue weighted by Gasteiger charge is 2.31. The van der Waals surface area contributed by atoms with Gasteiger partial charge >= 0.3 is 0 Å². The van der Waals surface area contributed by atoms with Crippen molar-refractivity contribution in [2.45, 2.75) is 45.1 Å². The number of amides is 1. The molecule has 1 fully saturated rings. The van der Waals surface area contributed by atoms with E-state index in [0.29, 0.717) is 6.04 Å². The summed E-state index contributed by atoms with van der Waals surface area (Å²) < 4.78 is 0. The number of hydrogen-bond donors (Lipinski definition) is 2. The number of carbonyl (C=O) groups is 1. The summed E-state index contributed by atoms with van der Waals surface area (Å²) in [5.41, 5.74) is 8.64. The van der Waals surface area contributed by atoms with Crippen LogP contribution in [0.4, 0.5) is 5.00 Å². The number of rotatable bonds is 2. The smallest absolute Gasteiger partial charge is 0.228 e. The van der Waals surface area contributed by atoms with Gasteiger partial charge in [0.25, 0.3) is 0 Å². The second-order valence-electron chi connectivity index (χ2n) is 5.22. The van der Waals surface area contributed by atoms with Crippen LogP contribution in [0.15, 0.2) is 0 Å². The number of hydrogen-bond acceptors (Lipinski definition) is 3. The summed E-state index contributed by atoms with van der Waals surface area (Å²) in [6.07, 6.45) is 5.23. The van der Waals surface area contributed by atoms with Gasteiger partial charge in [-0.2, -0.15) is 0 Å². The molecule has 3 N–H and O–H groups in total. The monoisotopic (exact) mass is 250 g/mol. The molecular formula is C13H18N2OS. The fourth-order valence-corrected chi connectivity index (χ4v) is 3.69. The van der Waals surface area contributed by atoms with E-state index in [1.807, 2.05) is 0 Å². The third kappa shape index (κ3) is 2.11. The van der Waals surface area contributed by atoms with Gasteiger partial charge in [-0.05, 0) is 50.2 Å². The van der Waals surface area contributed by atoms with Crippen molar-refractivity contribution < 1.29 is 4.79 Å². The Labute approximate surface area is 105 Å². The van der Waals surface area contributed by atoms with Crippen LogP contribution in [0.25, 0.3) is 0 Å². The van der Waals surface area contributed by atoms with Crippen molar-refractivity contribution in [1.29, 1.82) is 0 Å². The van der Waals surface area contributed by atoms with E-state index in [2.05, 4.69) is 12.2 Å². The first-order valence-electron chi connectivity index (χ1n) is 6.32. The van der Waals surface area contributed by atoms with Crippen molar-refractivity contribution in [1.82, 2.24) is 0 Å². The second-order valence-corrected chi connectivity index (χ2v) is 6.33. The van der Waals surface area contributed by atoms with Crippen LogP contribution in [0.1, 0.15) is 35.3 Å². The maximum Gasteiger partial charge on any atom is 0.228 e. The van der Waals surface area contributed by atoms with Gasteiger partial charge in [0.2, 0.25) is 5.91 Å². The lowest BCUT2D eigenvalue weighted by Crippen LogP contribution is -2.27. The molecule has 4 heteroatoms. The molecule has 1 atom stereocenters. The molecule has 0 spiro atoms. The van der Waals surface area contributed by atoms with E-state index >= 15 is 0 Å². The SMILES string of the molecule is Cc1c(NC(=O)C2CC2)sc2c1CC(N)CC2. The van der Waals surface area contributed by atoms with Gasteiger partial charge in [0.15, 0.2) is 0 Å². The summed E-state index contributed by atoms with van der Waals surface area (Å²) in [6, 6.07) is 0.294. The van der Waals surface area contributed by atoms with Crippen LogP contribution in [0.2, 0.25) is 0 Å². The number of fused-ring (bicyclic) bond motifs is 1. The van der Waals surface area contributed by atoms with Gasteiger partial charge in [0.1, 0.15) is 0 Å². The minimum absolute atomic E-state index is 0.205. The third-order valence-corrected chi connectivity index (χ3v) is 5.06. The van der Waals surface area contributed by atoms with Crippen molar-refractivity contribution in [2.75, 3.05) is 5.32 Å². The molecule has 0 aromatic carbocycles. The standard InChI is InChI=1S/C13H18N2OS/c1-7-10-6-9(14)4-5-11(10)17-13(7)15-12(16)8-2-3-8/h8-9H,2-6,14H2,1H3,(H,15,16). The molecule has 1 aromatic heterocycles. The number of nitrogens with two attached hydrogens (primary N) is 1. The molecule has 1 saturated carbocycles. The van der Waals surface area contributed by atoms with Crippen molar-refractivity contribution >= 4 is 22.2 Å². The molecule has 1 heterocycles. The van der Waals surface area contributed by atoms with Crippen LogP contribution in [0, 0.1) is 12.8 Å². The lowest BCUT2D eigenvalue weighted by molar-refractivity contribution is -0.117. The minimum atomic E-state index is 0.205. The van der Waals surface area contributed by atoms with Gasteiger partial charge in [-0.15, -0.1) is 11.3 Å². The summed E-state index contributed by atoms with van der Waals surface area (Å²) in [5, 5.41) is 4.14. The zero-order valence-corrected chi connectivity index (χ0v) is 10.9. The van der Waals surface area contributed by atoms with Crippen molar-refractivity contribution in [3.63, 3.8) is 0 Å². The van der Waals surface area contributed by atoms with Crippen LogP contribution < -0.4 is 11.1 Å². The molecule has 1 unspecified atom stereocenters. The molecule has 17 heavy (non-hydrogen) atoms. The summed E-state index contributed by atoms with van der Waals surface area (Å²) in [7, 11) is 0. The molecule has 3 rings (SSSR count). The summed E-state index contributed by atoms with van der Waals surface area (Å²) >= 11 is 1.75. The Morgan fingerprint density at radius 1 is 1.41 bits per heavy atom. The number of thiophene rings is 1. The van der Waals surface area contributed by atoms with E-state index in [-0.39, 0.29) is 11.8 Å². The van der Waals surface area contributed by atoms with E-state index in [0.717, 1.165) is 37.1 Å². The van der Waals surface area contributed by atoms with Crippen LogP contribution in [0.5, 0.6) is 0 Å². The molecule has 0 saturated heterocycles. The first kappa shape index (κ1) is 11.2. The maximum atomic E-state index is 11.8. The average Bonchev–Trinajstić information content (AvgIpc) is 3.09. The largest absolute Gasteiger partial charge is 0.327 e. The Kier molecular flexibility index (Phi) is 2.71. The predicted octanol–water partition coefficient (Wildman–Crippen LogP) is 2.22. The van der Waals surface area contributed by atoms with Gasteiger partial charge in [0, 0.05) is 16.8 Å². The molecule has 92 valence electrons. The fraction of sp³-hybridized carbons (Fsp3) is 0.615. The molecule has 3 nitrogen and oxygen atoms in total. The molecule has 0 bridgehead atoms. The molecular weight excluding hydrogens is 232 g/mol.